The molecule has 1 aliphatic rings. The Morgan fingerprint density at radius 1 is 1.03 bits per heavy atom. The first kappa shape index (κ1) is 19.2. The van der Waals surface area contributed by atoms with Crippen LogP contribution in [0.4, 0.5) is 0 Å². The van der Waals surface area contributed by atoms with Gasteiger partial charge in [0, 0.05) is 36.1 Å². The van der Waals surface area contributed by atoms with Gasteiger partial charge in [-0.15, -0.1) is 0 Å². The Balaban J connectivity index is 1.53. The summed E-state index contributed by atoms with van der Waals surface area (Å²) in [7, 11) is 0. The Kier molecular flexibility index (Phi) is 5.58. The third-order valence-electron chi connectivity index (χ3n) is 5.05. The number of hydrogen-bond donors (Lipinski definition) is 1. The summed E-state index contributed by atoms with van der Waals surface area (Å²) in [6.45, 7) is 0.810. The number of carbonyl (C=O) groups excluding carboxylic acids is 2. The summed E-state index contributed by atoms with van der Waals surface area (Å²) in [4.78, 5) is 31.7. The van der Waals surface area contributed by atoms with E-state index in [0.29, 0.717) is 30.1 Å². The van der Waals surface area contributed by atoms with Crippen LogP contribution in [0.1, 0.15) is 33.1 Å². The van der Waals surface area contributed by atoms with E-state index >= 15 is 0 Å². The fraction of sp³-hybridized carbons (Fsp3) is 0.174. The molecule has 3 aromatic rings. The Hall–Kier alpha value is -3.18. The Morgan fingerprint density at radius 2 is 1.83 bits per heavy atom. The maximum absolute atomic E-state index is 13.1. The van der Waals surface area contributed by atoms with Crippen molar-refractivity contribution in [1.29, 1.82) is 0 Å². The summed E-state index contributed by atoms with van der Waals surface area (Å²) in [6.07, 6.45) is 4.05. The number of carbonyl (C=O) groups is 2. The highest BCUT2D eigenvalue weighted by molar-refractivity contribution is 6.30. The fourth-order valence-corrected chi connectivity index (χ4v) is 3.70. The van der Waals surface area contributed by atoms with Gasteiger partial charge in [-0.25, -0.2) is 0 Å². The zero-order chi connectivity index (χ0) is 20.2. The lowest BCUT2D eigenvalue weighted by molar-refractivity contribution is -0.125. The molecule has 0 bridgehead atoms. The first-order valence-electron chi connectivity index (χ1n) is 9.44. The lowest BCUT2D eigenvalue weighted by Gasteiger charge is -2.24. The molecule has 0 spiro atoms. The Labute approximate surface area is 174 Å². The smallest absolute Gasteiger partial charge is 0.255 e. The van der Waals surface area contributed by atoms with Gasteiger partial charge in [-0.3, -0.25) is 14.6 Å². The maximum atomic E-state index is 13.1. The molecule has 0 saturated carbocycles. The lowest BCUT2D eigenvalue weighted by atomic mass is 10.0. The molecule has 1 aromatic heterocycles. The molecule has 146 valence electrons. The van der Waals surface area contributed by atoms with Gasteiger partial charge in [-0.05, 0) is 47.4 Å². The fourth-order valence-electron chi connectivity index (χ4n) is 3.57. The van der Waals surface area contributed by atoms with Gasteiger partial charge in [0.2, 0.25) is 5.91 Å². The van der Waals surface area contributed by atoms with Crippen LogP contribution in [-0.4, -0.2) is 28.2 Å². The molecule has 6 heteroatoms. The average Bonchev–Trinajstić information content (AvgIpc) is 3.04. The topological polar surface area (TPSA) is 62.3 Å². The van der Waals surface area contributed by atoms with Crippen LogP contribution in [0.3, 0.4) is 0 Å². The molecule has 1 atom stereocenters. The number of nitrogens with zero attached hydrogens (tertiary/aromatic N) is 2. The van der Waals surface area contributed by atoms with E-state index in [4.69, 9.17) is 11.6 Å². The number of pyridine rings is 1. The van der Waals surface area contributed by atoms with E-state index in [2.05, 4.69) is 10.3 Å². The summed E-state index contributed by atoms with van der Waals surface area (Å²) in [5.74, 6) is -0.306. The predicted octanol–water partition coefficient (Wildman–Crippen LogP) is 3.79. The minimum absolute atomic E-state index is 0.115. The Morgan fingerprint density at radius 3 is 2.59 bits per heavy atom. The molecule has 0 saturated heterocycles. The number of hydrogen-bond acceptors (Lipinski definition) is 3. The third kappa shape index (κ3) is 4.15. The summed E-state index contributed by atoms with van der Waals surface area (Å²) in [5, 5.41) is 3.62. The largest absolute Gasteiger partial charge is 0.350 e. The van der Waals surface area contributed by atoms with Gasteiger partial charge in [0.05, 0.1) is 0 Å². The lowest BCUT2D eigenvalue weighted by Crippen LogP contribution is -2.39. The van der Waals surface area contributed by atoms with Crippen LogP contribution in [-0.2, 0) is 17.8 Å². The van der Waals surface area contributed by atoms with E-state index in [1.165, 1.54) is 0 Å². The number of amides is 2. The number of rotatable bonds is 6. The zero-order valence-electron chi connectivity index (χ0n) is 15.7. The van der Waals surface area contributed by atoms with Crippen molar-refractivity contribution >= 4 is 23.4 Å². The SMILES string of the molecule is O=C(NCc1cccnc1)[C@H]1c2ccccc2C(=O)N1CCc1ccc(Cl)cc1. The number of benzene rings is 2. The van der Waals surface area contributed by atoms with Gasteiger partial charge >= 0.3 is 0 Å². The molecule has 29 heavy (non-hydrogen) atoms. The van der Waals surface area contributed by atoms with Gasteiger partial charge < -0.3 is 10.2 Å². The van der Waals surface area contributed by atoms with Crippen LogP contribution >= 0.6 is 11.6 Å². The quantitative estimate of drug-likeness (QED) is 0.678. The van der Waals surface area contributed by atoms with Gasteiger partial charge in [0.25, 0.3) is 5.91 Å². The standard InChI is InChI=1S/C23H20ClN3O2/c24-18-9-7-16(8-10-18)11-13-27-21(19-5-1-2-6-20(19)23(27)29)22(28)26-15-17-4-3-12-25-14-17/h1-10,12,14,21H,11,13,15H2,(H,26,28)/t21-/m1/s1. The second-order valence-electron chi connectivity index (χ2n) is 6.94. The monoisotopic (exact) mass is 405 g/mol. The molecule has 2 heterocycles. The molecular weight excluding hydrogens is 386 g/mol. The average molecular weight is 406 g/mol. The molecule has 2 amide bonds. The van der Waals surface area contributed by atoms with E-state index in [1.807, 2.05) is 54.6 Å². The van der Waals surface area contributed by atoms with Crippen molar-refractivity contribution in [2.75, 3.05) is 6.54 Å². The molecule has 0 unspecified atom stereocenters. The molecule has 2 aromatic carbocycles. The van der Waals surface area contributed by atoms with Crippen LogP contribution in [0.15, 0.2) is 73.1 Å². The van der Waals surface area contributed by atoms with Crippen molar-refractivity contribution in [2.24, 2.45) is 0 Å². The van der Waals surface area contributed by atoms with Crippen molar-refractivity contribution in [3.8, 4) is 0 Å². The number of aromatic nitrogens is 1. The molecule has 0 fully saturated rings. The van der Waals surface area contributed by atoms with E-state index < -0.39 is 6.04 Å². The third-order valence-corrected chi connectivity index (χ3v) is 5.30. The first-order valence-corrected chi connectivity index (χ1v) is 9.82. The highest BCUT2D eigenvalue weighted by atomic mass is 35.5. The number of nitrogens with one attached hydrogen (secondary N) is 1. The van der Waals surface area contributed by atoms with Crippen LogP contribution in [0, 0.1) is 0 Å². The minimum atomic E-state index is -0.636. The van der Waals surface area contributed by atoms with Crippen molar-refractivity contribution in [3.63, 3.8) is 0 Å². The van der Waals surface area contributed by atoms with Crippen LogP contribution < -0.4 is 5.32 Å². The van der Waals surface area contributed by atoms with E-state index in [9.17, 15) is 9.59 Å². The van der Waals surface area contributed by atoms with Gasteiger partial charge in [-0.1, -0.05) is 48.0 Å². The normalized spacial score (nSPS) is 15.3. The van der Waals surface area contributed by atoms with E-state index in [0.717, 1.165) is 16.7 Å². The zero-order valence-corrected chi connectivity index (χ0v) is 16.5. The summed E-state index contributed by atoms with van der Waals surface area (Å²) in [5.41, 5.74) is 3.31. The molecule has 5 nitrogen and oxygen atoms in total. The molecule has 1 N–H and O–H groups in total. The molecule has 4 rings (SSSR count). The predicted molar refractivity (Wildman–Crippen MR) is 111 cm³/mol. The summed E-state index contributed by atoms with van der Waals surface area (Å²) >= 11 is 5.95. The van der Waals surface area contributed by atoms with Crippen molar-refractivity contribution in [3.05, 3.63) is 100 Å². The van der Waals surface area contributed by atoms with Crippen LogP contribution in [0.25, 0.3) is 0 Å². The van der Waals surface area contributed by atoms with Crippen LogP contribution in [0.2, 0.25) is 5.02 Å². The van der Waals surface area contributed by atoms with Crippen molar-refractivity contribution in [1.82, 2.24) is 15.2 Å². The highest BCUT2D eigenvalue weighted by Crippen LogP contribution is 2.34. The summed E-state index contributed by atoms with van der Waals surface area (Å²) in [6, 6.07) is 17.9. The second kappa shape index (κ2) is 8.45. The highest BCUT2D eigenvalue weighted by Gasteiger charge is 2.40. The van der Waals surface area contributed by atoms with E-state index in [-0.39, 0.29) is 11.8 Å². The van der Waals surface area contributed by atoms with Gasteiger partial charge in [-0.2, -0.15) is 0 Å². The van der Waals surface area contributed by atoms with Crippen molar-refractivity contribution in [2.45, 2.75) is 19.0 Å². The Bertz CT molecular complexity index is 1020. The number of halogens is 1. The molecule has 1 aliphatic heterocycles. The van der Waals surface area contributed by atoms with E-state index in [1.54, 1.807) is 23.4 Å². The van der Waals surface area contributed by atoms with Crippen LogP contribution in [0.5, 0.6) is 0 Å². The molecule has 0 radical (unpaired) electrons. The molecule has 0 aliphatic carbocycles. The van der Waals surface area contributed by atoms with Gasteiger partial charge in [0.1, 0.15) is 6.04 Å². The summed E-state index contributed by atoms with van der Waals surface area (Å²) < 4.78 is 0. The molecular formula is C23H20ClN3O2. The number of fused-ring (bicyclic) bond motifs is 1. The second-order valence-corrected chi connectivity index (χ2v) is 7.38. The first-order chi connectivity index (χ1) is 14.1. The van der Waals surface area contributed by atoms with Crippen molar-refractivity contribution < 1.29 is 9.59 Å². The maximum Gasteiger partial charge on any atom is 0.255 e. The van der Waals surface area contributed by atoms with Gasteiger partial charge in [0.15, 0.2) is 0 Å². The minimum Gasteiger partial charge on any atom is -0.350 e.